The Kier molecular flexibility index (Phi) is 5.07. The van der Waals surface area contributed by atoms with E-state index in [1.54, 1.807) is 18.7 Å². The molecule has 5 nitrogen and oxygen atoms in total. The van der Waals surface area contributed by atoms with Crippen LogP contribution in [0.5, 0.6) is 0 Å². The molecule has 0 bridgehead atoms. The van der Waals surface area contributed by atoms with Crippen LogP contribution in [0.15, 0.2) is 11.6 Å². The van der Waals surface area contributed by atoms with E-state index in [-0.39, 0.29) is 11.4 Å². The van der Waals surface area contributed by atoms with Crippen LogP contribution in [0.25, 0.3) is 0 Å². The molecule has 0 saturated carbocycles. The van der Waals surface area contributed by atoms with Crippen molar-refractivity contribution in [2.24, 2.45) is 5.41 Å². The van der Waals surface area contributed by atoms with Gasteiger partial charge in [-0.2, -0.15) is 0 Å². The summed E-state index contributed by atoms with van der Waals surface area (Å²) in [5.41, 5.74) is 0.284. The summed E-state index contributed by atoms with van der Waals surface area (Å²) in [6.07, 6.45) is 2.95. The summed E-state index contributed by atoms with van der Waals surface area (Å²) in [5, 5.41) is 9.31. The first-order valence-corrected chi connectivity index (χ1v) is 7.51. The van der Waals surface area contributed by atoms with Gasteiger partial charge in [0.15, 0.2) is 0 Å². The molecule has 1 aliphatic rings. The zero-order chi connectivity index (χ0) is 16.4. The van der Waals surface area contributed by atoms with E-state index in [1.165, 1.54) is 10.5 Å². The smallest absolute Gasteiger partial charge is 0.329 e. The van der Waals surface area contributed by atoms with Gasteiger partial charge in [-0.05, 0) is 32.6 Å². The molecule has 1 aliphatic heterocycles. The average molecular weight is 296 g/mol. The molecule has 1 rings (SSSR count). The Labute approximate surface area is 127 Å². The second kappa shape index (κ2) is 6.08. The van der Waals surface area contributed by atoms with E-state index in [9.17, 15) is 14.7 Å². The molecular formula is C16H28N2O3. The number of aliphatic carboxylic acids is 1. The van der Waals surface area contributed by atoms with Gasteiger partial charge in [0.1, 0.15) is 5.54 Å². The molecule has 0 aromatic rings. The monoisotopic (exact) mass is 296 g/mol. The largest absolute Gasteiger partial charge is 0.480 e. The van der Waals surface area contributed by atoms with Crippen molar-refractivity contribution in [3.8, 4) is 0 Å². The zero-order valence-electron chi connectivity index (χ0n) is 14.1. The Morgan fingerprint density at radius 3 is 2.19 bits per heavy atom. The Morgan fingerprint density at radius 2 is 1.86 bits per heavy atom. The van der Waals surface area contributed by atoms with Gasteiger partial charge in [0.05, 0.1) is 0 Å². The van der Waals surface area contributed by atoms with Crippen LogP contribution < -0.4 is 0 Å². The van der Waals surface area contributed by atoms with Gasteiger partial charge in [0.25, 0.3) is 0 Å². The lowest BCUT2D eigenvalue weighted by Crippen LogP contribution is -2.57. The molecule has 21 heavy (non-hydrogen) atoms. The number of hydrogen-bond acceptors (Lipinski definition) is 2. The van der Waals surface area contributed by atoms with Crippen molar-refractivity contribution in [1.29, 1.82) is 0 Å². The van der Waals surface area contributed by atoms with Crippen LogP contribution in [0.3, 0.4) is 0 Å². The Bertz CT molecular complexity index is 447. The summed E-state index contributed by atoms with van der Waals surface area (Å²) in [5.74, 6) is -0.986. The van der Waals surface area contributed by atoms with E-state index in [1.807, 2.05) is 6.92 Å². The number of carboxylic acids is 1. The van der Waals surface area contributed by atoms with Crippen LogP contribution in [0.4, 0.5) is 4.79 Å². The number of carbonyl (C=O) groups is 2. The van der Waals surface area contributed by atoms with Gasteiger partial charge in [-0.15, -0.1) is 0 Å². The molecule has 2 amide bonds. The molecule has 0 fully saturated rings. The van der Waals surface area contributed by atoms with Gasteiger partial charge in [-0.1, -0.05) is 32.4 Å². The number of rotatable bonds is 3. The van der Waals surface area contributed by atoms with E-state index in [4.69, 9.17) is 0 Å². The van der Waals surface area contributed by atoms with Crippen molar-refractivity contribution >= 4 is 12.0 Å². The van der Waals surface area contributed by atoms with Gasteiger partial charge in [0, 0.05) is 19.6 Å². The molecule has 0 unspecified atom stereocenters. The molecule has 0 aliphatic carbocycles. The van der Waals surface area contributed by atoms with Crippen molar-refractivity contribution in [3.63, 3.8) is 0 Å². The van der Waals surface area contributed by atoms with E-state index >= 15 is 0 Å². The van der Waals surface area contributed by atoms with Gasteiger partial charge in [-0.3, -0.25) is 0 Å². The number of likely N-dealkylation sites (N-methyl/N-ethyl adjacent to an activating group) is 1. The third kappa shape index (κ3) is 3.77. The summed E-state index contributed by atoms with van der Waals surface area (Å²) in [6, 6.07) is -0.200. The number of hydrogen-bond donors (Lipinski definition) is 1. The SMILES string of the molecule is CCN(C(=O)N1CC=C(C(C)(C)C)CC1)C(C)(C)C(=O)O. The molecule has 5 heteroatoms. The molecule has 120 valence electrons. The van der Waals surface area contributed by atoms with Crippen LogP contribution >= 0.6 is 0 Å². The fourth-order valence-corrected chi connectivity index (χ4v) is 2.58. The van der Waals surface area contributed by atoms with Crippen LogP contribution in [0.2, 0.25) is 0 Å². The first kappa shape index (κ1) is 17.5. The van der Waals surface area contributed by atoms with E-state index in [0.29, 0.717) is 19.6 Å². The summed E-state index contributed by atoms with van der Waals surface area (Å²) in [4.78, 5) is 27.1. The summed E-state index contributed by atoms with van der Waals surface area (Å²) in [6.45, 7) is 13.0. The van der Waals surface area contributed by atoms with Crippen molar-refractivity contribution < 1.29 is 14.7 Å². The van der Waals surface area contributed by atoms with E-state index in [2.05, 4.69) is 26.8 Å². The standard InChI is InChI=1S/C16H28N2O3/c1-7-18(16(5,6)13(19)20)14(21)17-10-8-12(9-11-17)15(2,3)4/h8H,7,9-11H2,1-6H3,(H,19,20). The quantitative estimate of drug-likeness (QED) is 0.814. The number of urea groups is 1. The third-order valence-electron chi connectivity index (χ3n) is 4.19. The number of carbonyl (C=O) groups excluding carboxylic acids is 1. The van der Waals surface area contributed by atoms with Crippen LogP contribution in [-0.2, 0) is 4.79 Å². The highest BCUT2D eigenvalue weighted by Crippen LogP contribution is 2.30. The van der Waals surface area contributed by atoms with Crippen LogP contribution in [-0.4, -0.2) is 52.1 Å². The minimum atomic E-state index is -1.19. The maximum absolute atomic E-state index is 12.6. The predicted molar refractivity (Wildman–Crippen MR) is 83.2 cm³/mol. The third-order valence-corrected chi connectivity index (χ3v) is 4.19. The highest BCUT2D eigenvalue weighted by atomic mass is 16.4. The summed E-state index contributed by atoms with van der Waals surface area (Å²) < 4.78 is 0. The topological polar surface area (TPSA) is 60.9 Å². The lowest BCUT2D eigenvalue weighted by Gasteiger charge is -2.40. The van der Waals surface area contributed by atoms with Crippen LogP contribution in [0, 0.1) is 5.41 Å². The second-order valence-electron chi connectivity index (χ2n) is 7.07. The van der Waals surface area contributed by atoms with Gasteiger partial charge in [-0.25, -0.2) is 9.59 Å². The summed E-state index contributed by atoms with van der Waals surface area (Å²) >= 11 is 0. The number of carboxylic acid groups (broad SMARTS) is 1. The number of amides is 2. The molecule has 0 saturated heterocycles. The Hall–Kier alpha value is -1.52. The molecule has 0 aromatic heterocycles. The zero-order valence-corrected chi connectivity index (χ0v) is 14.1. The minimum absolute atomic E-state index is 0.125. The Morgan fingerprint density at radius 1 is 1.29 bits per heavy atom. The molecular weight excluding hydrogens is 268 g/mol. The van der Waals surface area contributed by atoms with Gasteiger partial charge < -0.3 is 14.9 Å². The van der Waals surface area contributed by atoms with Gasteiger partial charge >= 0.3 is 12.0 Å². The molecule has 0 atom stereocenters. The van der Waals surface area contributed by atoms with Crippen LogP contribution in [0.1, 0.15) is 48.0 Å². The highest BCUT2D eigenvalue weighted by molar-refractivity contribution is 5.85. The lowest BCUT2D eigenvalue weighted by atomic mass is 9.83. The van der Waals surface area contributed by atoms with E-state index < -0.39 is 11.5 Å². The first-order valence-electron chi connectivity index (χ1n) is 7.51. The van der Waals surface area contributed by atoms with Gasteiger partial charge in [0.2, 0.25) is 0 Å². The normalized spacial score (nSPS) is 16.5. The number of nitrogens with zero attached hydrogens (tertiary/aromatic N) is 2. The van der Waals surface area contributed by atoms with E-state index in [0.717, 1.165) is 6.42 Å². The maximum atomic E-state index is 12.6. The Balaban J connectivity index is 2.86. The highest BCUT2D eigenvalue weighted by Gasteiger charge is 2.39. The maximum Gasteiger partial charge on any atom is 0.329 e. The summed E-state index contributed by atoms with van der Waals surface area (Å²) in [7, 11) is 0. The van der Waals surface area contributed by atoms with Crippen molar-refractivity contribution in [1.82, 2.24) is 9.80 Å². The predicted octanol–water partition coefficient (Wildman–Crippen LogP) is 2.97. The average Bonchev–Trinajstić information content (AvgIpc) is 2.38. The second-order valence-corrected chi connectivity index (χ2v) is 7.07. The minimum Gasteiger partial charge on any atom is -0.480 e. The fraction of sp³-hybridized carbons (Fsp3) is 0.750. The van der Waals surface area contributed by atoms with Crippen molar-refractivity contribution in [2.45, 2.75) is 53.5 Å². The molecule has 0 aromatic carbocycles. The first-order chi connectivity index (χ1) is 9.51. The molecule has 1 N–H and O–H groups in total. The molecule has 1 heterocycles. The fourth-order valence-electron chi connectivity index (χ4n) is 2.58. The van der Waals surface area contributed by atoms with Crippen molar-refractivity contribution in [2.75, 3.05) is 19.6 Å². The molecule has 0 radical (unpaired) electrons. The lowest BCUT2D eigenvalue weighted by molar-refractivity contribution is -0.147. The molecule has 0 spiro atoms. The van der Waals surface area contributed by atoms with Crippen molar-refractivity contribution in [3.05, 3.63) is 11.6 Å².